The van der Waals surface area contributed by atoms with Crippen molar-refractivity contribution in [3.8, 4) is 0 Å². The summed E-state index contributed by atoms with van der Waals surface area (Å²) in [5.41, 5.74) is 0.144. The van der Waals surface area contributed by atoms with Crippen molar-refractivity contribution in [3.63, 3.8) is 0 Å². The second-order valence-corrected chi connectivity index (χ2v) is 12.5. The summed E-state index contributed by atoms with van der Waals surface area (Å²) in [6, 6.07) is 6.63. The highest BCUT2D eigenvalue weighted by atomic mass is 16.5. The van der Waals surface area contributed by atoms with Crippen LogP contribution in [-0.2, 0) is 30.5 Å². The Labute approximate surface area is 237 Å². The number of aldehydes is 1. The van der Waals surface area contributed by atoms with Crippen LogP contribution in [0, 0.1) is 29.1 Å². The molecule has 0 unspecified atom stereocenters. The Bertz CT molecular complexity index is 1070. The van der Waals surface area contributed by atoms with Gasteiger partial charge >= 0.3 is 6.09 Å². The van der Waals surface area contributed by atoms with Gasteiger partial charge in [0.05, 0.1) is 6.04 Å². The summed E-state index contributed by atoms with van der Waals surface area (Å²) in [7, 11) is 0. The molecule has 2 fully saturated rings. The molecule has 1 aromatic rings. The number of amides is 4. The molecule has 3 N–H and O–H groups in total. The lowest BCUT2D eigenvalue weighted by Crippen LogP contribution is -2.59. The van der Waals surface area contributed by atoms with E-state index < -0.39 is 35.5 Å². The molecule has 4 amide bonds. The van der Waals surface area contributed by atoms with Gasteiger partial charge in [-0.25, -0.2) is 4.79 Å². The van der Waals surface area contributed by atoms with E-state index in [0.29, 0.717) is 25.8 Å². The molecule has 6 atom stereocenters. The van der Waals surface area contributed by atoms with Crippen molar-refractivity contribution in [2.45, 2.75) is 79.1 Å². The normalized spacial score (nSPS) is 24.3. The minimum atomic E-state index is -0.951. The Hall–Kier alpha value is -3.43. The van der Waals surface area contributed by atoms with Gasteiger partial charge in [-0.1, -0.05) is 71.9 Å². The summed E-state index contributed by atoms with van der Waals surface area (Å²) in [4.78, 5) is 66.0. The van der Waals surface area contributed by atoms with Gasteiger partial charge in [-0.15, -0.1) is 0 Å². The standard InChI is InChI=1S/C30H44N4O6/c1-18(2)23-19(3)15-34(24(23)27(37)32-22(16-35)14-21-12-13-31-26(21)36)28(38)25(30(4,5)6)33-29(39)40-17-20-10-8-7-9-11-20/h7-11,16,18-19,21-25H,12-15,17H2,1-6H3,(H,31,36)(H,32,37)(H,33,39)/t19-,21-,22-,23-,24-,25+/m0/s1. The molecule has 40 heavy (non-hydrogen) atoms. The van der Waals surface area contributed by atoms with Crippen molar-refractivity contribution in [3.05, 3.63) is 35.9 Å². The summed E-state index contributed by atoms with van der Waals surface area (Å²) in [5, 5.41) is 8.31. The summed E-state index contributed by atoms with van der Waals surface area (Å²) < 4.78 is 5.39. The molecule has 0 aromatic heterocycles. The molecule has 10 heteroatoms. The first-order chi connectivity index (χ1) is 18.8. The average Bonchev–Trinajstić information content (AvgIpc) is 3.47. The van der Waals surface area contributed by atoms with E-state index in [1.54, 1.807) is 4.90 Å². The maximum absolute atomic E-state index is 14.1. The molecular formula is C30H44N4O6. The molecular weight excluding hydrogens is 512 g/mol. The predicted octanol–water partition coefficient (Wildman–Crippen LogP) is 2.66. The van der Waals surface area contributed by atoms with E-state index in [4.69, 9.17) is 4.74 Å². The van der Waals surface area contributed by atoms with Crippen molar-refractivity contribution in [1.29, 1.82) is 0 Å². The van der Waals surface area contributed by atoms with Crippen LogP contribution in [0.25, 0.3) is 0 Å². The van der Waals surface area contributed by atoms with E-state index in [1.165, 1.54) is 0 Å². The van der Waals surface area contributed by atoms with Gasteiger partial charge in [0, 0.05) is 19.0 Å². The van der Waals surface area contributed by atoms with Crippen LogP contribution in [-0.4, -0.2) is 66.2 Å². The minimum absolute atomic E-state index is 0.0145. The molecule has 0 bridgehead atoms. The van der Waals surface area contributed by atoms with Crippen molar-refractivity contribution in [2.75, 3.05) is 13.1 Å². The summed E-state index contributed by atoms with van der Waals surface area (Å²) in [6.45, 7) is 12.5. The van der Waals surface area contributed by atoms with Crippen LogP contribution in [0.2, 0.25) is 0 Å². The van der Waals surface area contributed by atoms with Gasteiger partial charge in [0.1, 0.15) is 25.0 Å². The van der Waals surface area contributed by atoms with Gasteiger partial charge in [-0.2, -0.15) is 0 Å². The van der Waals surface area contributed by atoms with Crippen LogP contribution in [0.3, 0.4) is 0 Å². The zero-order chi connectivity index (χ0) is 29.6. The topological polar surface area (TPSA) is 134 Å². The number of nitrogens with zero attached hydrogens (tertiary/aromatic N) is 1. The van der Waals surface area contributed by atoms with Gasteiger partial charge in [-0.3, -0.25) is 14.4 Å². The van der Waals surface area contributed by atoms with Crippen LogP contribution in [0.15, 0.2) is 30.3 Å². The molecule has 3 rings (SSSR count). The molecule has 0 spiro atoms. The first kappa shape index (κ1) is 31.1. The SMILES string of the molecule is CC(C)[C@@H]1[C@@H](C(=O)N[C@H](C=O)C[C@@H]2CCNC2=O)N(C(=O)[C@@H](NC(=O)OCc2ccccc2)C(C)(C)C)C[C@@H]1C. The number of ether oxygens (including phenoxy) is 1. The lowest BCUT2D eigenvalue weighted by atomic mass is 9.81. The Morgan fingerprint density at radius 1 is 1.15 bits per heavy atom. The zero-order valence-corrected chi connectivity index (χ0v) is 24.4. The van der Waals surface area contributed by atoms with Crippen molar-refractivity contribution >= 4 is 30.1 Å². The third-order valence-corrected chi connectivity index (χ3v) is 7.94. The van der Waals surface area contributed by atoms with E-state index in [1.807, 2.05) is 71.9 Å². The minimum Gasteiger partial charge on any atom is -0.445 e. The van der Waals surface area contributed by atoms with Gasteiger partial charge < -0.3 is 30.4 Å². The maximum atomic E-state index is 14.1. The Morgan fingerprint density at radius 3 is 2.38 bits per heavy atom. The van der Waals surface area contributed by atoms with Gasteiger partial charge in [-0.05, 0) is 41.6 Å². The Kier molecular flexibility index (Phi) is 10.3. The number of likely N-dealkylation sites (tertiary alicyclic amines) is 1. The lowest BCUT2D eigenvalue weighted by Gasteiger charge is -2.36. The zero-order valence-electron chi connectivity index (χ0n) is 24.4. The Balaban J connectivity index is 1.78. The highest BCUT2D eigenvalue weighted by molar-refractivity contribution is 5.93. The van der Waals surface area contributed by atoms with Crippen LogP contribution < -0.4 is 16.0 Å². The lowest BCUT2D eigenvalue weighted by molar-refractivity contribution is -0.143. The van der Waals surface area contributed by atoms with Crippen LogP contribution in [0.1, 0.15) is 59.9 Å². The molecule has 2 aliphatic heterocycles. The molecule has 1 aromatic carbocycles. The molecule has 10 nitrogen and oxygen atoms in total. The van der Waals surface area contributed by atoms with Crippen LogP contribution in [0.4, 0.5) is 4.79 Å². The molecule has 2 aliphatic rings. The molecule has 0 saturated carbocycles. The van der Waals surface area contributed by atoms with E-state index in [-0.39, 0.29) is 48.5 Å². The van der Waals surface area contributed by atoms with E-state index in [0.717, 1.165) is 5.56 Å². The predicted molar refractivity (Wildman–Crippen MR) is 150 cm³/mol. The quantitative estimate of drug-likeness (QED) is 0.380. The third-order valence-electron chi connectivity index (χ3n) is 7.94. The molecule has 2 saturated heterocycles. The van der Waals surface area contributed by atoms with Crippen molar-refractivity contribution in [1.82, 2.24) is 20.9 Å². The summed E-state index contributed by atoms with van der Waals surface area (Å²) in [6.07, 6.45) is 0.753. The average molecular weight is 557 g/mol. The molecule has 0 aliphatic carbocycles. The number of alkyl carbamates (subject to hydrolysis) is 1. The van der Waals surface area contributed by atoms with Crippen molar-refractivity contribution in [2.24, 2.45) is 29.1 Å². The number of nitrogens with one attached hydrogen (secondary N) is 3. The van der Waals surface area contributed by atoms with Crippen LogP contribution in [0.5, 0.6) is 0 Å². The highest BCUT2D eigenvalue weighted by Crippen LogP contribution is 2.37. The number of benzene rings is 1. The fourth-order valence-corrected chi connectivity index (χ4v) is 5.92. The maximum Gasteiger partial charge on any atom is 0.408 e. The number of carbonyl (C=O) groups excluding carboxylic acids is 5. The fraction of sp³-hybridized carbons (Fsp3) is 0.633. The monoisotopic (exact) mass is 556 g/mol. The summed E-state index contributed by atoms with van der Waals surface area (Å²) in [5.74, 6) is -1.32. The second-order valence-electron chi connectivity index (χ2n) is 12.5. The summed E-state index contributed by atoms with van der Waals surface area (Å²) >= 11 is 0. The Morgan fingerprint density at radius 2 is 1.82 bits per heavy atom. The van der Waals surface area contributed by atoms with E-state index in [2.05, 4.69) is 16.0 Å². The van der Waals surface area contributed by atoms with E-state index in [9.17, 15) is 24.0 Å². The van der Waals surface area contributed by atoms with Gasteiger partial charge in [0.2, 0.25) is 17.7 Å². The third kappa shape index (κ3) is 7.61. The van der Waals surface area contributed by atoms with Crippen LogP contribution >= 0.6 is 0 Å². The molecule has 220 valence electrons. The van der Waals surface area contributed by atoms with E-state index >= 15 is 0 Å². The molecule has 2 heterocycles. The first-order valence-corrected chi connectivity index (χ1v) is 14.1. The number of hydrogen-bond donors (Lipinski definition) is 3. The fourth-order valence-electron chi connectivity index (χ4n) is 5.92. The van der Waals surface area contributed by atoms with Crippen molar-refractivity contribution < 1.29 is 28.7 Å². The first-order valence-electron chi connectivity index (χ1n) is 14.1. The van der Waals surface area contributed by atoms with Gasteiger partial charge in [0.15, 0.2) is 0 Å². The second kappa shape index (κ2) is 13.3. The number of rotatable bonds is 10. The largest absolute Gasteiger partial charge is 0.445 e. The van der Waals surface area contributed by atoms with Gasteiger partial charge in [0.25, 0.3) is 0 Å². The smallest absolute Gasteiger partial charge is 0.408 e. The number of hydrogen-bond acceptors (Lipinski definition) is 6. The number of carbonyl (C=O) groups is 5. The highest BCUT2D eigenvalue weighted by Gasteiger charge is 2.50. The molecule has 0 radical (unpaired) electrons.